The van der Waals surface area contributed by atoms with Gasteiger partial charge in [0.1, 0.15) is 5.75 Å². The van der Waals surface area contributed by atoms with Crippen LogP contribution in [-0.2, 0) is 0 Å². The van der Waals surface area contributed by atoms with Gasteiger partial charge in [0.2, 0.25) is 0 Å². The number of nitrogens with one attached hydrogen (secondary N) is 1. The first-order valence-corrected chi connectivity index (χ1v) is 7.42. The Hall–Kier alpha value is -3.04. The molecule has 0 atom stereocenters. The van der Waals surface area contributed by atoms with Crippen LogP contribution < -0.4 is 19.5 Å². The first-order chi connectivity index (χ1) is 12.7. The summed E-state index contributed by atoms with van der Waals surface area (Å²) in [5, 5.41) is 2.40. The van der Waals surface area contributed by atoms with Gasteiger partial charge < -0.3 is 19.5 Å². The van der Waals surface area contributed by atoms with Crippen molar-refractivity contribution in [1.82, 2.24) is 0 Å². The van der Waals surface area contributed by atoms with Gasteiger partial charge in [-0.2, -0.15) is 22.0 Å². The van der Waals surface area contributed by atoms with Crippen molar-refractivity contribution in [1.29, 1.82) is 0 Å². The predicted octanol–water partition coefficient (Wildman–Crippen LogP) is 4.49. The Morgan fingerprint density at radius 2 is 1.78 bits per heavy atom. The Bertz CT molecular complexity index is 795. The Morgan fingerprint density at radius 1 is 1.07 bits per heavy atom. The molecule has 1 N–H and O–H groups in total. The van der Waals surface area contributed by atoms with Crippen LogP contribution in [0.1, 0.15) is 10.4 Å². The molecule has 0 bridgehead atoms. The van der Waals surface area contributed by atoms with E-state index in [4.69, 9.17) is 4.74 Å². The average Bonchev–Trinajstić information content (AvgIpc) is 2.60. The quantitative estimate of drug-likeness (QED) is 0.707. The van der Waals surface area contributed by atoms with Crippen LogP contribution in [-0.4, -0.2) is 32.4 Å². The summed E-state index contributed by atoms with van der Waals surface area (Å²) < 4.78 is 75.5. The molecule has 0 spiro atoms. The molecular weight excluding hydrogens is 377 g/mol. The average molecular weight is 391 g/mol. The van der Waals surface area contributed by atoms with Crippen molar-refractivity contribution in [3.8, 4) is 17.2 Å². The number of para-hydroxylation sites is 2. The van der Waals surface area contributed by atoms with Crippen LogP contribution in [0.4, 0.5) is 27.6 Å². The highest BCUT2D eigenvalue weighted by Crippen LogP contribution is 2.31. The third-order valence-corrected chi connectivity index (χ3v) is 3.17. The van der Waals surface area contributed by atoms with E-state index in [0.717, 1.165) is 12.1 Å². The van der Waals surface area contributed by atoms with Gasteiger partial charge in [-0.25, -0.2) is 0 Å². The smallest absolute Gasteiger partial charge is 0.422 e. The van der Waals surface area contributed by atoms with Crippen molar-refractivity contribution in [2.24, 2.45) is 0 Å². The number of carbonyl (C=O) groups excluding carboxylic acids is 1. The molecular formula is C17H14F5NO4. The van der Waals surface area contributed by atoms with Crippen LogP contribution in [0.15, 0.2) is 42.5 Å². The molecule has 146 valence electrons. The second-order valence-corrected chi connectivity index (χ2v) is 5.10. The van der Waals surface area contributed by atoms with E-state index in [1.54, 1.807) is 0 Å². The molecule has 0 fully saturated rings. The van der Waals surface area contributed by atoms with Crippen LogP contribution in [0.5, 0.6) is 17.2 Å². The molecule has 0 aliphatic heterocycles. The highest BCUT2D eigenvalue weighted by Gasteiger charge is 2.29. The zero-order valence-corrected chi connectivity index (χ0v) is 13.8. The Balaban J connectivity index is 2.18. The number of hydrogen-bond acceptors (Lipinski definition) is 4. The SMILES string of the molecule is COc1cc(C(=O)Nc2ccccc2OCC(F)(F)F)ccc1OC(F)F. The molecule has 0 radical (unpaired) electrons. The number of benzene rings is 2. The van der Waals surface area contributed by atoms with Crippen LogP contribution in [0.3, 0.4) is 0 Å². The molecule has 2 rings (SSSR count). The van der Waals surface area contributed by atoms with Crippen molar-refractivity contribution < 1.29 is 41.0 Å². The fraction of sp³-hybridized carbons (Fsp3) is 0.235. The Kier molecular flexibility index (Phi) is 6.43. The minimum absolute atomic E-state index is 0.0126. The van der Waals surface area contributed by atoms with Crippen LogP contribution in [0, 0.1) is 0 Å². The van der Waals surface area contributed by atoms with Crippen LogP contribution in [0.25, 0.3) is 0 Å². The van der Waals surface area contributed by atoms with Gasteiger partial charge in [-0.05, 0) is 30.3 Å². The van der Waals surface area contributed by atoms with Crippen LogP contribution in [0.2, 0.25) is 0 Å². The lowest BCUT2D eigenvalue weighted by Crippen LogP contribution is -2.20. The van der Waals surface area contributed by atoms with Crippen molar-refractivity contribution >= 4 is 11.6 Å². The van der Waals surface area contributed by atoms with Gasteiger partial charge in [0.15, 0.2) is 18.1 Å². The summed E-state index contributed by atoms with van der Waals surface area (Å²) in [7, 11) is 1.20. The molecule has 2 aromatic rings. The van der Waals surface area contributed by atoms with Gasteiger partial charge in [-0.15, -0.1) is 0 Å². The number of carbonyl (C=O) groups is 1. The maximum absolute atomic E-state index is 12.3. The van der Waals surface area contributed by atoms with E-state index in [-0.39, 0.29) is 28.5 Å². The summed E-state index contributed by atoms with van der Waals surface area (Å²) in [5.74, 6) is -1.25. The topological polar surface area (TPSA) is 56.8 Å². The summed E-state index contributed by atoms with van der Waals surface area (Å²) in [6.45, 7) is -4.59. The van der Waals surface area contributed by atoms with Gasteiger partial charge in [0, 0.05) is 5.56 Å². The first kappa shape index (κ1) is 20.3. The van der Waals surface area contributed by atoms with Gasteiger partial charge in [0.25, 0.3) is 5.91 Å². The van der Waals surface area contributed by atoms with Crippen LogP contribution >= 0.6 is 0 Å². The molecule has 10 heteroatoms. The molecule has 0 saturated heterocycles. The third kappa shape index (κ3) is 6.01. The number of amides is 1. The minimum Gasteiger partial charge on any atom is -0.493 e. The number of rotatable bonds is 7. The number of ether oxygens (including phenoxy) is 3. The van der Waals surface area contributed by atoms with E-state index in [9.17, 15) is 26.7 Å². The largest absolute Gasteiger partial charge is 0.493 e. The molecule has 0 aliphatic rings. The molecule has 0 heterocycles. The number of anilines is 1. The maximum Gasteiger partial charge on any atom is 0.422 e. The lowest BCUT2D eigenvalue weighted by molar-refractivity contribution is -0.153. The van der Waals surface area contributed by atoms with Crippen molar-refractivity contribution in [2.75, 3.05) is 19.0 Å². The van der Waals surface area contributed by atoms with E-state index < -0.39 is 25.3 Å². The van der Waals surface area contributed by atoms with Gasteiger partial charge in [-0.3, -0.25) is 4.79 Å². The third-order valence-electron chi connectivity index (χ3n) is 3.17. The van der Waals surface area contributed by atoms with E-state index in [0.29, 0.717) is 0 Å². The van der Waals surface area contributed by atoms with E-state index in [1.807, 2.05) is 0 Å². The first-order valence-electron chi connectivity index (χ1n) is 7.42. The Labute approximate surface area is 150 Å². The molecule has 27 heavy (non-hydrogen) atoms. The minimum atomic E-state index is -4.54. The molecule has 5 nitrogen and oxygen atoms in total. The van der Waals surface area contributed by atoms with E-state index in [1.165, 1.54) is 37.4 Å². The molecule has 0 saturated carbocycles. The molecule has 2 aromatic carbocycles. The van der Waals surface area contributed by atoms with Gasteiger partial charge in [-0.1, -0.05) is 12.1 Å². The fourth-order valence-electron chi connectivity index (χ4n) is 2.05. The molecule has 0 aliphatic carbocycles. The number of alkyl halides is 5. The molecule has 0 aromatic heterocycles. The summed E-state index contributed by atoms with van der Waals surface area (Å²) in [5.41, 5.74) is 0.0257. The van der Waals surface area contributed by atoms with Crippen molar-refractivity contribution in [2.45, 2.75) is 12.8 Å². The lowest BCUT2D eigenvalue weighted by atomic mass is 10.1. The number of hydrogen-bond donors (Lipinski definition) is 1. The van der Waals surface area contributed by atoms with E-state index >= 15 is 0 Å². The number of halogens is 5. The van der Waals surface area contributed by atoms with E-state index in [2.05, 4.69) is 14.8 Å². The Morgan fingerprint density at radius 3 is 2.41 bits per heavy atom. The molecule has 1 amide bonds. The predicted molar refractivity (Wildman–Crippen MR) is 85.6 cm³/mol. The maximum atomic E-state index is 12.3. The van der Waals surface area contributed by atoms with Crippen molar-refractivity contribution in [3.05, 3.63) is 48.0 Å². The zero-order valence-electron chi connectivity index (χ0n) is 13.8. The normalized spacial score (nSPS) is 11.2. The highest BCUT2D eigenvalue weighted by molar-refractivity contribution is 6.05. The highest BCUT2D eigenvalue weighted by atomic mass is 19.4. The monoisotopic (exact) mass is 391 g/mol. The summed E-state index contributed by atoms with van der Waals surface area (Å²) in [6, 6.07) is 9.04. The zero-order chi connectivity index (χ0) is 20.0. The van der Waals surface area contributed by atoms with Gasteiger partial charge >= 0.3 is 12.8 Å². The second kappa shape index (κ2) is 8.56. The summed E-state index contributed by atoms with van der Waals surface area (Å²) in [4.78, 5) is 12.3. The number of methoxy groups -OCH3 is 1. The summed E-state index contributed by atoms with van der Waals surface area (Å²) >= 11 is 0. The van der Waals surface area contributed by atoms with Gasteiger partial charge in [0.05, 0.1) is 12.8 Å². The van der Waals surface area contributed by atoms with Crippen molar-refractivity contribution in [3.63, 3.8) is 0 Å². The second-order valence-electron chi connectivity index (χ2n) is 5.10. The lowest BCUT2D eigenvalue weighted by Gasteiger charge is -2.14. The standard InChI is InChI=1S/C17H14F5NO4/c1-25-14-8-10(6-7-13(14)27-16(18)19)15(24)23-11-4-2-3-5-12(11)26-9-17(20,21)22/h2-8,16H,9H2,1H3,(H,23,24). The fourth-order valence-corrected chi connectivity index (χ4v) is 2.05. The summed E-state index contributed by atoms with van der Waals surface area (Å²) in [6.07, 6.45) is -4.54. The molecule has 0 unspecified atom stereocenters.